The highest BCUT2D eigenvalue weighted by Crippen LogP contribution is 2.37. The van der Waals surface area contributed by atoms with E-state index in [9.17, 15) is 19.2 Å². The number of ether oxygens (including phenoxy) is 2. The number of thiazole rings is 1. The van der Waals surface area contributed by atoms with E-state index in [1.165, 1.54) is 6.92 Å². The first-order valence-electron chi connectivity index (χ1n) is 14.4. The minimum atomic E-state index is -1.93. The van der Waals surface area contributed by atoms with Crippen molar-refractivity contribution in [2.75, 3.05) is 10.6 Å². The van der Waals surface area contributed by atoms with Gasteiger partial charge in [-0.25, -0.2) is 14.6 Å². The number of carbonyl (C=O) groups excluding carboxylic acids is 4. The molecular formula is C32H42N6O6S. The SMILES string of the molecule is CC(=O)Nc1nc(CCc2ccc(NC(OC(N)=O)(OC(=O)NC(C)(C)C)C(C)(C)C)cc2)c(C(=O)NCc2ccccc2)s1. The molecule has 1 atom stereocenters. The number of hydrogen-bond donors (Lipinski definition) is 5. The summed E-state index contributed by atoms with van der Waals surface area (Å²) in [6, 6.07) is 16.8. The average Bonchev–Trinajstić information content (AvgIpc) is 3.31. The predicted molar refractivity (Wildman–Crippen MR) is 174 cm³/mol. The number of alkyl carbamates (subject to hydrolysis) is 1. The summed E-state index contributed by atoms with van der Waals surface area (Å²) in [4.78, 5) is 54.4. The molecule has 0 radical (unpaired) electrons. The third-order valence-corrected chi connectivity index (χ3v) is 7.35. The smallest absolute Gasteiger partial charge is 0.387 e. The second kappa shape index (κ2) is 14.4. The molecule has 0 spiro atoms. The molecule has 1 aromatic heterocycles. The van der Waals surface area contributed by atoms with Gasteiger partial charge in [0.1, 0.15) is 4.88 Å². The van der Waals surface area contributed by atoms with E-state index in [0.29, 0.717) is 40.8 Å². The van der Waals surface area contributed by atoms with Gasteiger partial charge in [0.25, 0.3) is 5.91 Å². The molecule has 3 aromatic rings. The number of hydrogen-bond acceptors (Lipinski definition) is 9. The van der Waals surface area contributed by atoms with Crippen LogP contribution in [0.15, 0.2) is 54.6 Å². The molecule has 0 saturated heterocycles. The number of aromatic nitrogens is 1. The van der Waals surface area contributed by atoms with Crippen molar-refractivity contribution in [3.8, 4) is 0 Å². The maximum Gasteiger partial charge on any atom is 0.412 e. The summed E-state index contributed by atoms with van der Waals surface area (Å²) in [6.07, 6.45) is -0.949. The molecular weight excluding hydrogens is 596 g/mol. The Morgan fingerprint density at radius 1 is 0.867 bits per heavy atom. The van der Waals surface area contributed by atoms with Crippen LogP contribution in [0.2, 0.25) is 0 Å². The average molecular weight is 639 g/mol. The fourth-order valence-corrected chi connectivity index (χ4v) is 5.11. The van der Waals surface area contributed by atoms with Crippen molar-refractivity contribution < 1.29 is 28.7 Å². The van der Waals surface area contributed by atoms with Gasteiger partial charge < -0.3 is 36.5 Å². The second-order valence-electron chi connectivity index (χ2n) is 12.5. The van der Waals surface area contributed by atoms with Crippen LogP contribution in [0, 0.1) is 5.41 Å². The zero-order valence-electron chi connectivity index (χ0n) is 26.7. The van der Waals surface area contributed by atoms with Gasteiger partial charge in [-0.1, -0.05) is 74.6 Å². The minimum Gasteiger partial charge on any atom is -0.387 e. The lowest BCUT2D eigenvalue weighted by molar-refractivity contribution is -0.202. The highest BCUT2D eigenvalue weighted by molar-refractivity contribution is 7.17. The monoisotopic (exact) mass is 638 g/mol. The number of aryl methyl sites for hydroxylation is 2. The number of carbonyl (C=O) groups is 4. The summed E-state index contributed by atoms with van der Waals surface area (Å²) in [7, 11) is 0. The maximum atomic E-state index is 13.1. The van der Waals surface area contributed by atoms with Crippen molar-refractivity contribution >= 4 is 46.2 Å². The minimum absolute atomic E-state index is 0.272. The Morgan fingerprint density at radius 3 is 2.07 bits per heavy atom. The molecule has 1 unspecified atom stereocenters. The highest BCUT2D eigenvalue weighted by atomic mass is 32.1. The third-order valence-electron chi connectivity index (χ3n) is 6.34. The number of nitrogens with two attached hydrogens (primary N) is 1. The highest BCUT2D eigenvalue weighted by Gasteiger charge is 2.50. The van der Waals surface area contributed by atoms with E-state index in [0.717, 1.165) is 22.5 Å². The number of anilines is 2. The number of primary amides is 1. The summed E-state index contributed by atoms with van der Waals surface area (Å²) in [6.45, 7) is 12.3. The lowest BCUT2D eigenvalue weighted by Gasteiger charge is -2.42. The van der Waals surface area contributed by atoms with Crippen LogP contribution in [0.4, 0.5) is 20.4 Å². The lowest BCUT2D eigenvalue weighted by Crippen LogP contribution is -2.59. The lowest BCUT2D eigenvalue weighted by atomic mass is 9.90. The molecule has 0 saturated carbocycles. The maximum absolute atomic E-state index is 13.1. The number of nitrogens with zero attached hydrogens (tertiary/aromatic N) is 1. The molecule has 0 aliphatic heterocycles. The predicted octanol–water partition coefficient (Wildman–Crippen LogP) is 5.55. The normalized spacial score (nSPS) is 12.8. The molecule has 0 bridgehead atoms. The van der Waals surface area contributed by atoms with Crippen molar-refractivity contribution in [1.82, 2.24) is 15.6 Å². The van der Waals surface area contributed by atoms with Gasteiger partial charge in [-0.05, 0) is 56.9 Å². The van der Waals surface area contributed by atoms with Gasteiger partial charge in [-0.2, -0.15) is 0 Å². The van der Waals surface area contributed by atoms with Crippen LogP contribution < -0.4 is 27.0 Å². The molecule has 3 rings (SSSR count). The molecule has 242 valence electrons. The summed E-state index contributed by atoms with van der Waals surface area (Å²) < 4.78 is 11.1. The van der Waals surface area contributed by atoms with Gasteiger partial charge in [0, 0.05) is 24.7 Å². The Bertz CT molecular complexity index is 1500. The molecule has 45 heavy (non-hydrogen) atoms. The number of amides is 4. The topological polar surface area (TPSA) is 174 Å². The molecule has 13 heteroatoms. The van der Waals surface area contributed by atoms with Crippen LogP contribution in [-0.2, 0) is 33.7 Å². The fourth-order valence-electron chi connectivity index (χ4n) is 4.14. The zero-order valence-corrected chi connectivity index (χ0v) is 27.5. The Kier molecular flexibility index (Phi) is 11.2. The Labute approximate surface area is 267 Å². The molecule has 1 heterocycles. The van der Waals surface area contributed by atoms with Crippen molar-refractivity contribution in [2.24, 2.45) is 11.1 Å². The van der Waals surface area contributed by atoms with Gasteiger partial charge in [0.05, 0.1) is 11.1 Å². The van der Waals surface area contributed by atoms with E-state index in [2.05, 4.69) is 26.3 Å². The summed E-state index contributed by atoms with van der Waals surface area (Å²) in [5.74, 6) is -2.48. The van der Waals surface area contributed by atoms with Crippen LogP contribution in [-0.4, -0.2) is 40.4 Å². The largest absolute Gasteiger partial charge is 0.412 e. The van der Waals surface area contributed by atoms with Crippen molar-refractivity contribution in [3.63, 3.8) is 0 Å². The molecule has 0 aliphatic rings. The van der Waals surface area contributed by atoms with Crippen molar-refractivity contribution in [1.29, 1.82) is 0 Å². The first-order valence-corrected chi connectivity index (χ1v) is 15.2. The third kappa shape index (κ3) is 10.5. The Morgan fingerprint density at radius 2 is 1.51 bits per heavy atom. The molecule has 0 fully saturated rings. The van der Waals surface area contributed by atoms with Crippen LogP contribution in [0.1, 0.15) is 75.0 Å². The van der Waals surface area contributed by atoms with Gasteiger partial charge in [0.15, 0.2) is 5.13 Å². The summed E-state index contributed by atoms with van der Waals surface area (Å²) >= 11 is 1.13. The quantitative estimate of drug-likeness (QED) is 0.170. The van der Waals surface area contributed by atoms with E-state index < -0.39 is 29.1 Å². The fraction of sp³-hybridized carbons (Fsp3) is 0.406. The first-order chi connectivity index (χ1) is 21.0. The van der Waals surface area contributed by atoms with Gasteiger partial charge in [-0.3, -0.25) is 9.59 Å². The van der Waals surface area contributed by atoms with E-state index in [-0.39, 0.29) is 11.8 Å². The van der Waals surface area contributed by atoms with Crippen molar-refractivity contribution in [2.45, 2.75) is 79.3 Å². The first kappa shape index (κ1) is 34.8. The Balaban J connectivity index is 1.77. The van der Waals surface area contributed by atoms with Crippen LogP contribution >= 0.6 is 11.3 Å². The van der Waals surface area contributed by atoms with Crippen LogP contribution in [0.3, 0.4) is 0 Å². The van der Waals surface area contributed by atoms with E-state index in [1.807, 2.05) is 42.5 Å². The standard InChI is InChI=1S/C32H42N6O6S/c1-20(39)35-28-36-24(25(45-28)26(40)34-19-22-11-9-8-10-12-22)18-15-21-13-16-23(17-14-21)37-32(30(2,3)4,43-27(33)41)44-29(42)38-31(5,6)7/h8-14,16-17,37H,15,18-19H2,1-7H3,(H2,33,41)(H,34,40)(H,38,42)(H,35,36,39). The number of nitrogens with one attached hydrogen (secondary N) is 4. The van der Waals surface area contributed by atoms with Gasteiger partial charge in [0.2, 0.25) is 5.91 Å². The van der Waals surface area contributed by atoms with E-state index >= 15 is 0 Å². The van der Waals surface area contributed by atoms with Gasteiger partial charge in [-0.15, -0.1) is 0 Å². The molecule has 6 N–H and O–H groups in total. The summed E-state index contributed by atoms with van der Waals surface area (Å²) in [5, 5.41) is 11.7. The number of rotatable bonds is 11. The van der Waals surface area contributed by atoms with E-state index in [1.54, 1.807) is 53.7 Å². The van der Waals surface area contributed by atoms with E-state index in [4.69, 9.17) is 15.2 Å². The second-order valence-corrected chi connectivity index (χ2v) is 13.5. The Hall–Kier alpha value is -4.65. The number of benzene rings is 2. The molecule has 0 aliphatic carbocycles. The summed E-state index contributed by atoms with van der Waals surface area (Å²) in [5.41, 5.74) is 6.81. The molecule has 12 nitrogen and oxygen atoms in total. The molecule has 4 amide bonds. The molecule has 2 aromatic carbocycles. The van der Waals surface area contributed by atoms with Crippen LogP contribution in [0.5, 0.6) is 0 Å². The van der Waals surface area contributed by atoms with Gasteiger partial charge >= 0.3 is 18.1 Å². The van der Waals surface area contributed by atoms with Crippen LogP contribution in [0.25, 0.3) is 0 Å². The zero-order chi connectivity index (χ0) is 33.4. The van der Waals surface area contributed by atoms with Crippen molar-refractivity contribution in [3.05, 3.63) is 76.3 Å².